The zero-order valence-electron chi connectivity index (χ0n) is 11.9. The highest BCUT2D eigenvalue weighted by molar-refractivity contribution is 5.95. The molecule has 0 radical (unpaired) electrons. The van der Waals surface area contributed by atoms with Crippen molar-refractivity contribution < 1.29 is 19.2 Å². The molecule has 0 aliphatic rings. The van der Waals surface area contributed by atoms with Crippen molar-refractivity contribution in [2.75, 3.05) is 12.8 Å². The van der Waals surface area contributed by atoms with Gasteiger partial charge in [-0.25, -0.2) is 25.0 Å². The molecule has 1 heterocycles. The molecule has 120 valence electrons. The minimum Gasteiger partial charge on any atom is -0.422 e. The van der Waals surface area contributed by atoms with E-state index < -0.39 is 16.9 Å². The third-order valence-corrected chi connectivity index (χ3v) is 2.76. The molecule has 0 aliphatic carbocycles. The minimum atomic E-state index is -0.914. The van der Waals surface area contributed by atoms with E-state index in [1.807, 2.05) is 0 Å². The second-order valence-corrected chi connectivity index (χ2v) is 4.38. The average Bonchev–Trinajstić information content (AvgIpc) is 2.88. The van der Waals surface area contributed by atoms with Crippen LogP contribution in [0.3, 0.4) is 0 Å². The van der Waals surface area contributed by atoms with Crippen LogP contribution >= 0.6 is 0 Å². The average molecular weight is 320 g/mol. The first-order chi connectivity index (χ1) is 10.8. The summed E-state index contributed by atoms with van der Waals surface area (Å²) in [4.78, 5) is 37.4. The van der Waals surface area contributed by atoms with E-state index in [2.05, 4.69) is 4.98 Å². The smallest absolute Gasteiger partial charge is 0.366 e. The van der Waals surface area contributed by atoms with Gasteiger partial charge in [-0.3, -0.25) is 15.1 Å². The van der Waals surface area contributed by atoms with Crippen molar-refractivity contribution in [3.63, 3.8) is 0 Å². The molecule has 11 heteroatoms. The highest BCUT2D eigenvalue weighted by Crippen LogP contribution is 2.19. The van der Waals surface area contributed by atoms with Crippen LogP contribution < -0.4 is 16.3 Å². The fourth-order valence-corrected chi connectivity index (χ4v) is 1.63. The molecule has 1 amide bonds. The number of non-ortho nitro benzene ring substituents is 1. The lowest BCUT2D eigenvalue weighted by molar-refractivity contribution is -0.384. The standard InChI is InChI=1S/C12H12N6O5/c1-16(14)12(20)17-6-15-9(10(17)13)11(19)23-8-4-2-7(3-5-8)18(21)22/h2-6H,13-14H2,1H3. The minimum absolute atomic E-state index is 0.0665. The van der Waals surface area contributed by atoms with Gasteiger partial charge in [0.25, 0.3) is 5.69 Å². The van der Waals surface area contributed by atoms with Crippen LogP contribution in [0.15, 0.2) is 30.6 Å². The second-order valence-electron chi connectivity index (χ2n) is 4.38. The van der Waals surface area contributed by atoms with Crippen molar-refractivity contribution in [2.45, 2.75) is 0 Å². The monoisotopic (exact) mass is 320 g/mol. The summed E-state index contributed by atoms with van der Waals surface area (Å²) in [7, 11) is 1.30. The number of imidazole rings is 1. The van der Waals surface area contributed by atoms with Crippen LogP contribution in [0.1, 0.15) is 10.5 Å². The number of ether oxygens (including phenoxy) is 1. The lowest BCUT2D eigenvalue weighted by Crippen LogP contribution is -2.36. The van der Waals surface area contributed by atoms with Gasteiger partial charge in [-0.15, -0.1) is 0 Å². The number of amides is 1. The zero-order chi connectivity index (χ0) is 17.1. The van der Waals surface area contributed by atoms with Crippen molar-refractivity contribution in [1.82, 2.24) is 14.6 Å². The van der Waals surface area contributed by atoms with Gasteiger partial charge in [0, 0.05) is 19.2 Å². The van der Waals surface area contributed by atoms with Gasteiger partial charge in [0.1, 0.15) is 17.9 Å². The first-order valence-corrected chi connectivity index (χ1v) is 6.13. The van der Waals surface area contributed by atoms with E-state index in [1.54, 1.807) is 0 Å². The lowest BCUT2D eigenvalue weighted by atomic mass is 10.3. The maximum atomic E-state index is 12.0. The van der Waals surface area contributed by atoms with E-state index in [4.69, 9.17) is 16.3 Å². The number of hydrazine groups is 1. The number of nitrogen functional groups attached to an aromatic ring is 1. The highest BCUT2D eigenvalue weighted by atomic mass is 16.6. The Morgan fingerprint density at radius 3 is 2.48 bits per heavy atom. The van der Waals surface area contributed by atoms with Gasteiger partial charge in [-0.2, -0.15) is 0 Å². The Kier molecular flexibility index (Phi) is 4.23. The van der Waals surface area contributed by atoms with E-state index in [-0.39, 0.29) is 22.9 Å². The summed E-state index contributed by atoms with van der Waals surface area (Å²) in [6.07, 6.45) is 1.04. The second kappa shape index (κ2) is 6.11. The Hall–Kier alpha value is -3.47. The third kappa shape index (κ3) is 3.24. The highest BCUT2D eigenvalue weighted by Gasteiger charge is 2.22. The third-order valence-electron chi connectivity index (χ3n) is 2.76. The molecule has 4 N–H and O–H groups in total. The maximum Gasteiger partial charge on any atom is 0.366 e. The van der Waals surface area contributed by atoms with Gasteiger partial charge < -0.3 is 10.5 Å². The Labute approximate surface area is 129 Å². The summed E-state index contributed by atoms with van der Waals surface area (Å²) >= 11 is 0. The van der Waals surface area contributed by atoms with Crippen LogP contribution in [0.25, 0.3) is 0 Å². The fraction of sp³-hybridized carbons (Fsp3) is 0.0833. The molecule has 0 unspecified atom stereocenters. The van der Waals surface area contributed by atoms with Gasteiger partial charge in [-0.1, -0.05) is 0 Å². The lowest BCUT2D eigenvalue weighted by Gasteiger charge is -2.10. The zero-order valence-corrected chi connectivity index (χ0v) is 11.9. The van der Waals surface area contributed by atoms with E-state index in [9.17, 15) is 19.7 Å². The van der Waals surface area contributed by atoms with Crippen LogP contribution in [0, 0.1) is 10.1 Å². The normalized spacial score (nSPS) is 10.2. The van der Waals surface area contributed by atoms with Crippen LogP contribution in [0.4, 0.5) is 16.3 Å². The predicted octanol–water partition coefficient (Wildman–Crippen LogP) is 0.366. The maximum absolute atomic E-state index is 12.0. The van der Waals surface area contributed by atoms with Crippen LogP contribution in [-0.4, -0.2) is 38.5 Å². The molecule has 0 bridgehead atoms. The number of aromatic nitrogens is 2. The fourth-order valence-electron chi connectivity index (χ4n) is 1.63. The van der Waals surface area contributed by atoms with Gasteiger partial charge in [0.2, 0.25) is 0 Å². The van der Waals surface area contributed by atoms with Gasteiger partial charge >= 0.3 is 12.0 Å². The number of nitrogens with zero attached hydrogens (tertiary/aromatic N) is 4. The van der Waals surface area contributed by atoms with E-state index >= 15 is 0 Å². The van der Waals surface area contributed by atoms with Gasteiger partial charge in [0.15, 0.2) is 5.69 Å². The number of hydrogen-bond donors (Lipinski definition) is 2. The summed E-state index contributed by atoms with van der Waals surface area (Å²) in [5.74, 6) is 4.21. The molecule has 11 nitrogen and oxygen atoms in total. The Balaban J connectivity index is 2.18. The number of benzene rings is 1. The summed E-state index contributed by atoms with van der Waals surface area (Å²) in [5.41, 5.74) is 5.24. The number of carbonyl (C=O) groups excluding carboxylic acids is 2. The van der Waals surface area contributed by atoms with Crippen molar-refractivity contribution in [3.8, 4) is 5.75 Å². The summed E-state index contributed by atoms with van der Waals surface area (Å²) in [5, 5.41) is 11.3. The molecule has 0 saturated carbocycles. The Morgan fingerprint density at radius 2 is 1.96 bits per heavy atom. The van der Waals surface area contributed by atoms with Crippen molar-refractivity contribution in [1.29, 1.82) is 0 Å². The van der Waals surface area contributed by atoms with Crippen LogP contribution in [0.5, 0.6) is 5.75 Å². The molecule has 1 aromatic carbocycles. The molecular formula is C12H12N6O5. The molecular weight excluding hydrogens is 308 g/mol. The molecule has 0 saturated heterocycles. The largest absolute Gasteiger partial charge is 0.422 e. The molecule has 0 fully saturated rings. The number of hydrogen-bond acceptors (Lipinski definition) is 8. The summed E-state index contributed by atoms with van der Waals surface area (Å²) in [6.45, 7) is 0. The van der Waals surface area contributed by atoms with Crippen molar-refractivity contribution in [2.24, 2.45) is 5.84 Å². The predicted molar refractivity (Wildman–Crippen MR) is 77.4 cm³/mol. The van der Waals surface area contributed by atoms with Crippen LogP contribution in [-0.2, 0) is 0 Å². The Bertz CT molecular complexity index is 767. The number of carbonyl (C=O) groups is 2. The molecule has 0 aliphatic heterocycles. The first kappa shape index (κ1) is 15.9. The molecule has 0 atom stereocenters. The molecule has 1 aromatic heterocycles. The Morgan fingerprint density at radius 1 is 1.35 bits per heavy atom. The molecule has 23 heavy (non-hydrogen) atoms. The number of nitro benzene ring substituents is 1. The number of rotatable bonds is 3. The number of esters is 1. The molecule has 2 aromatic rings. The summed E-state index contributed by atoms with van der Waals surface area (Å²) in [6, 6.07) is 4.17. The quantitative estimate of drug-likeness (QED) is 0.205. The van der Waals surface area contributed by atoms with E-state index in [0.29, 0.717) is 0 Å². The number of nitrogens with two attached hydrogens (primary N) is 2. The van der Waals surface area contributed by atoms with E-state index in [1.165, 1.54) is 31.3 Å². The molecule has 2 rings (SSSR count). The van der Waals surface area contributed by atoms with Gasteiger partial charge in [-0.05, 0) is 12.1 Å². The van der Waals surface area contributed by atoms with E-state index in [0.717, 1.165) is 15.9 Å². The number of anilines is 1. The first-order valence-electron chi connectivity index (χ1n) is 6.13. The topological polar surface area (TPSA) is 160 Å². The summed E-state index contributed by atoms with van der Waals surface area (Å²) < 4.78 is 5.88. The van der Waals surface area contributed by atoms with Gasteiger partial charge in [0.05, 0.1) is 4.92 Å². The van der Waals surface area contributed by atoms with Crippen molar-refractivity contribution >= 4 is 23.5 Å². The van der Waals surface area contributed by atoms with Crippen molar-refractivity contribution in [3.05, 3.63) is 46.4 Å². The van der Waals surface area contributed by atoms with Crippen LogP contribution in [0.2, 0.25) is 0 Å². The molecule has 0 spiro atoms. The number of nitro groups is 1. The SMILES string of the molecule is CN(N)C(=O)n1cnc(C(=O)Oc2ccc([N+](=O)[O-])cc2)c1N.